The van der Waals surface area contributed by atoms with E-state index in [4.69, 9.17) is 4.55 Å². The molecule has 0 fully saturated rings. The summed E-state index contributed by atoms with van der Waals surface area (Å²) in [7, 11) is -9.79. The van der Waals surface area contributed by atoms with E-state index in [9.17, 15) is 48.0 Å². The molecule has 0 atom stereocenters. The average molecular weight is 541 g/mol. The average Bonchev–Trinajstić information content (AvgIpc) is 2.64. The second kappa shape index (κ2) is 9.06. The molecule has 2 aromatic rings. The third-order valence-corrected chi connectivity index (χ3v) is 5.04. The first-order valence-corrected chi connectivity index (χ1v) is 10.8. The van der Waals surface area contributed by atoms with Gasteiger partial charge in [-0.2, -0.15) is 49.7 Å². The maximum atomic E-state index is 13.3. The van der Waals surface area contributed by atoms with Crippen molar-refractivity contribution >= 4 is 32.4 Å². The van der Waals surface area contributed by atoms with Crippen LogP contribution < -0.4 is 19.0 Å². The fourth-order valence-electron chi connectivity index (χ4n) is 2.07. The number of rotatable bonds is 6. The number of ether oxygens (including phenoxy) is 1. The Labute approximate surface area is 185 Å². The predicted octanol–water partition coefficient (Wildman–Crippen LogP) is 1.61. The van der Waals surface area contributed by atoms with E-state index in [1.807, 2.05) is 0 Å². The molecule has 21 heteroatoms. The lowest BCUT2D eigenvalue weighted by Gasteiger charge is -2.15. The van der Waals surface area contributed by atoms with Gasteiger partial charge in [-0.3, -0.25) is 9.87 Å². The van der Waals surface area contributed by atoms with Crippen molar-refractivity contribution in [2.75, 3.05) is 12.4 Å². The third-order valence-electron chi connectivity index (χ3n) is 3.25. The van der Waals surface area contributed by atoms with Gasteiger partial charge in [0, 0.05) is 0 Å². The largest absolute Gasteiger partial charge is 0.467 e. The molecule has 0 saturated carbocycles. The molecule has 0 bridgehead atoms. The number of aromatic nitrogens is 3. The third kappa shape index (κ3) is 7.02. The van der Waals surface area contributed by atoms with Crippen LogP contribution in [-0.2, 0) is 32.8 Å². The molecule has 3 N–H and O–H groups in total. The second-order valence-corrected chi connectivity index (χ2v) is 8.37. The lowest BCUT2D eigenvalue weighted by Crippen LogP contribution is -2.36. The SMILES string of the molecule is COc1nc(NC(=O)NS(=O)(=O)c2ccc(OS(=O)(=O)O)cc2C(F)(F)F)nc(C(F)(F)F)n1. The number of urea groups is 1. The number of amides is 2. The first-order chi connectivity index (χ1) is 15.3. The fraction of sp³-hybridized carbons (Fsp3) is 0.231. The topological polar surface area (TPSA) is 187 Å². The Balaban J connectivity index is 2.39. The van der Waals surface area contributed by atoms with E-state index in [2.05, 4.69) is 23.9 Å². The highest BCUT2D eigenvalue weighted by molar-refractivity contribution is 7.90. The van der Waals surface area contributed by atoms with Crippen molar-refractivity contribution < 1.29 is 61.4 Å². The minimum atomic E-state index is -5.44. The molecular weight excluding hydrogens is 532 g/mol. The summed E-state index contributed by atoms with van der Waals surface area (Å²) in [4.78, 5) is 19.2. The first kappa shape index (κ1) is 26.8. The Morgan fingerprint density at radius 2 is 1.62 bits per heavy atom. The summed E-state index contributed by atoms with van der Waals surface area (Å²) in [5.41, 5.74) is -2.02. The lowest BCUT2D eigenvalue weighted by atomic mass is 10.2. The highest BCUT2D eigenvalue weighted by Gasteiger charge is 2.39. The molecule has 0 aliphatic carbocycles. The van der Waals surface area contributed by atoms with Crippen LogP contribution >= 0.6 is 0 Å². The van der Waals surface area contributed by atoms with E-state index in [-0.39, 0.29) is 12.1 Å². The molecule has 1 aromatic heterocycles. The normalized spacial score (nSPS) is 12.7. The molecular formula is C13H9F6N5O8S2. The number of methoxy groups -OCH3 is 1. The Bertz CT molecular complexity index is 1310. The zero-order chi connectivity index (χ0) is 26.1. The highest BCUT2D eigenvalue weighted by atomic mass is 32.3. The van der Waals surface area contributed by atoms with Gasteiger partial charge in [-0.1, -0.05) is 0 Å². The van der Waals surface area contributed by atoms with E-state index < -0.39 is 72.8 Å². The van der Waals surface area contributed by atoms with Gasteiger partial charge in [0.2, 0.25) is 11.8 Å². The molecule has 188 valence electrons. The Morgan fingerprint density at radius 3 is 2.12 bits per heavy atom. The molecule has 1 heterocycles. The van der Waals surface area contributed by atoms with E-state index in [0.29, 0.717) is 6.07 Å². The van der Waals surface area contributed by atoms with Gasteiger partial charge in [0.1, 0.15) is 5.75 Å². The summed E-state index contributed by atoms with van der Waals surface area (Å²) in [6.45, 7) is 0. The maximum absolute atomic E-state index is 13.3. The number of carbonyl (C=O) groups is 1. The van der Waals surface area contributed by atoms with Crippen LogP contribution in [0.2, 0.25) is 0 Å². The van der Waals surface area contributed by atoms with Crippen molar-refractivity contribution in [1.29, 1.82) is 0 Å². The number of alkyl halides is 6. The number of hydrogen-bond donors (Lipinski definition) is 3. The molecule has 2 amide bonds. The van der Waals surface area contributed by atoms with Crippen LogP contribution in [0.3, 0.4) is 0 Å². The smallest absolute Gasteiger partial charge is 0.451 e. The number of carbonyl (C=O) groups excluding carboxylic acids is 1. The predicted molar refractivity (Wildman–Crippen MR) is 94.3 cm³/mol. The van der Waals surface area contributed by atoms with Crippen LogP contribution in [0.25, 0.3) is 0 Å². The van der Waals surface area contributed by atoms with Crippen LogP contribution in [0.15, 0.2) is 23.1 Å². The molecule has 0 radical (unpaired) electrons. The van der Waals surface area contributed by atoms with Crippen molar-refractivity contribution in [3.8, 4) is 11.8 Å². The van der Waals surface area contributed by atoms with Gasteiger partial charge >= 0.3 is 34.8 Å². The summed E-state index contributed by atoms with van der Waals surface area (Å²) in [6.07, 6.45) is -10.6. The zero-order valence-corrected chi connectivity index (χ0v) is 17.6. The molecule has 34 heavy (non-hydrogen) atoms. The molecule has 13 nitrogen and oxygen atoms in total. The van der Waals surface area contributed by atoms with Crippen molar-refractivity contribution in [3.05, 3.63) is 29.6 Å². The van der Waals surface area contributed by atoms with Gasteiger partial charge in [0.15, 0.2) is 0 Å². The number of nitrogens with zero attached hydrogens (tertiary/aromatic N) is 3. The monoisotopic (exact) mass is 541 g/mol. The first-order valence-electron chi connectivity index (χ1n) is 7.91. The van der Waals surface area contributed by atoms with Gasteiger partial charge in [0.05, 0.1) is 17.6 Å². The Kier molecular flexibility index (Phi) is 7.14. The second-order valence-electron chi connectivity index (χ2n) is 5.69. The van der Waals surface area contributed by atoms with Crippen molar-refractivity contribution in [2.45, 2.75) is 17.2 Å². The quantitative estimate of drug-likeness (QED) is 0.356. The molecule has 0 saturated heterocycles. The molecule has 1 aromatic carbocycles. The van der Waals surface area contributed by atoms with Gasteiger partial charge in [-0.25, -0.2) is 17.9 Å². The molecule has 2 rings (SSSR count). The Morgan fingerprint density at radius 1 is 1.00 bits per heavy atom. The van der Waals surface area contributed by atoms with Gasteiger partial charge in [-0.15, -0.1) is 0 Å². The number of hydrogen-bond acceptors (Lipinski definition) is 10. The van der Waals surface area contributed by atoms with Gasteiger partial charge in [-0.05, 0) is 18.2 Å². The van der Waals surface area contributed by atoms with Crippen LogP contribution in [0, 0.1) is 0 Å². The zero-order valence-electron chi connectivity index (χ0n) is 16.0. The van der Waals surface area contributed by atoms with E-state index in [0.717, 1.165) is 11.8 Å². The van der Waals surface area contributed by atoms with E-state index >= 15 is 0 Å². The maximum Gasteiger partial charge on any atom is 0.451 e. The number of sulfonamides is 1. The van der Waals surface area contributed by atoms with Crippen LogP contribution in [0.4, 0.5) is 37.1 Å². The minimum Gasteiger partial charge on any atom is -0.467 e. The van der Waals surface area contributed by atoms with Crippen LogP contribution in [0.1, 0.15) is 11.4 Å². The molecule has 0 unspecified atom stereocenters. The van der Waals surface area contributed by atoms with E-state index in [1.54, 1.807) is 0 Å². The van der Waals surface area contributed by atoms with Crippen LogP contribution in [0.5, 0.6) is 11.8 Å². The summed E-state index contributed by atoms with van der Waals surface area (Å²) in [5, 5.41) is 1.47. The van der Waals surface area contributed by atoms with Crippen molar-refractivity contribution in [2.24, 2.45) is 0 Å². The summed E-state index contributed by atoms with van der Waals surface area (Å²) < 4.78 is 142. The fourth-order valence-corrected chi connectivity index (χ4v) is 3.54. The van der Waals surface area contributed by atoms with E-state index in [1.165, 1.54) is 5.32 Å². The summed E-state index contributed by atoms with van der Waals surface area (Å²) in [5.74, 6) is -4.14. The van der Waals surface area contributed by atoms with Crippen LogP contribution in [-0.4, -0.2) is 49.5 Å². The highest BCUT2D eigenvalue weighted by Crippen LogP contribution is 2.36. The summed E-state index contributed by atoms with van der Waals surface area (Å²) in [6, 6.07) is -2.33. The standard InChI is InChI=1S/C13H9F6N5O8S2/c1-31-11-21-8(13(17,18)19)20-9(23-11)22-10(25)24-33(26,27)7-3-2-5(32-34(28,29)30)4-6(7)12(14,15)16/h2-4H,1H3,(H,28,29,30)(H2,20,21,22,23,24,25). The Hall–Kier alpha value is -3.46. The van der Waals surface area contributed by atoms with Gasteiger partial charge < -0.3 is 8.92 Å². The number of benzene rings is 1. The van der Waals surface area contributed by atoms with Crippen molar-refractivity contribution in [1.82, 2.24) is 19.7 Å². The molecule has 0 spiro atoms. The number of nitrogens with one attached hydrogen (secondary N) is 2. The summed E-state index contributed by atoms with van der Waals surface area (Å²) >= 11 is 0. The number of anilines is 1. The lowest BCUT2D eigenvalue weighted by molar-refractivity contribution is -0.145. The minimum absolute atomic E-state index is 0.104. The molecule has 0 aliphatic heterocycles. The number of halogens is 6. The molecule has 0 aliphatic rings. The van der Waals surface area contributed by atoms with Crippen molar-refractivity contribution in [3.63, 3.8) is 0 Å². The van der Waals surface area contributed by atoms with Gasteiger partial charge in [0.25, 0.3) is 10.0 Å².